The van der Waals surface area contributed by atoms with E-state index in [2.05, 4.69) is 15.5 Å². The summed E-state index contributed by atoms with van der Waals surface area (Å²) < 4.78 is 31.3. The molecule has 0 unspecified atom stereocenters. The van der Waals surface area contributed by atoms with Gasteiger partial charge in [-0.25, -0.2) is 4.68 Å². The molecule has 7 nitrogen and oxygen atoms in total. The van der Waals surface area contributed by atoms with E-state index in [1.165, 1.54) is 29.2 Å². The lowest BCUT2D eigenvalue weighted by Crippen LogP contribution is -2.11. The first-order valence-electron chi connectivity index (χ1n) is 6.50. The SMILES string of the molecule is Cc1ccc(Cl)cc1S(=O)(=O)Oc1ccc(-n2cnnn2)cc1. The Morgan fingerprint density at radius 2 is 1.87 bits per heavy atom. The van der Waals surface area contributed by atoms with E-state index in [-0.39, 0.29) is 10.6 Å². The second kappa shape index (κ2) is 5.98. The van der Waals surface area contributed by atoms with Crippen molar-refractivity contribution in [3.8, 4) is 11.4 Å². The Balaban J connectivity index is 1.87. The molecule has 0 aliphatic rings. The van der Waals surface area contributed by atoms with E-state index in [0.29, 0.717) is 16.3 Å². The molecule has 0 saturated heterocycles. The van der Waals surface area contributed by atoms with Crippen LogP contribution in [0.3, 0.4) is 0 Å². The summed E-state index contributed by atoms with van der Waals surface area (Å²) in [6.07, 6.45) is 1.43. The molecule has 3 rings (SSSR count). The van der Waals surface area contributed by atoms with Gasteiger partial charge in [0.2, 0.25) is 0 Å². The molecular weight excluding hydrogens is 340 g/mol. The van der Waals surface area contributed by atoms with E-state index in [9.17, 15) is 8.42 Å². The summed E-state index contributed by atoms with van der Waals surface area (Å²) in [6, 6.07) is 10.9. The zero-order valence-electron chi connectivity index (χ0n) is 11.9. The van der Waals surface area contributed by atoms with Crippen LogP contribution < -0.4 is 4.18 Å². The maximum Gasteiger partial charge on any atom is 0.339 e. The quantitative estimate of drug-likeness (QED) is 0.671. The third-order valence-corrected chi connectivity index (χ3v) is 4.70. The molecule has 0 radical (unpaired) electrons. The van der Waals surface area contributed by atoms with E-state index in [1.54, 1.807) is 31.2 Å². The van der Waals surface area contributed by atoms with Crippen LogP contribution in [0, 0.1) is 6.92 Å². The summed E-state index contributed by atoms with van der Waals surface area (Å²) in [5.41, 5.74) is 1.23. The highest BCUT2D eigenvalue weighted by Crippen LogP contribution is 2.24. The molecule has 0 bridgehead atoms. The van der Waals surface area contributed by atoms with E-state index in [4.69, 9.17) is 15.8 Å². The van der Waals surface area contributed by atoms with Crippen LogP contribution in [-0.2, 0) is 10.1 Å². The van der Waals surface area contributed by atoms with Crippen molar-refractivity contribution in [1.29, 1.82) is 0 Å². The summed E-state index contributed by atoms with van der Waals surface area (Å²) in [7, 11) is -3.96. The van der Waals surface area contributed by atoms with Gasteiger partial charge in [-0.2, -0.15) is 8.42 Å². The minimum atomic E-state index is -3.96. The lowest BCUT2D eigenvalue weighted by molar-refractivity contribution is 0.485. The van der Waals surface area contributed by atoms with Crippen molar-refractivity contribution in [3.63, 3.8) is 0 Å². The monoisotopic (exact) mass is 350 g/mol. The van der Waals surface area contributed by atoms with Crippen LogP contribution in [-0.4, -0.2) is 28.6 Å². The number of rotatable bonds is 4. The van der Waals surface area contributed by atoms with Crippen LogP contribution >= 0.6 is 11.6 Å². The maximum absolute atomic E-state index is 12.4. The average molecular weight is 351 g/mol. The molecule has 0 spiro atoms. The molecule has 0 fully saturated rings. The Hall–Kier alpha value is -2.45. The molecule has 9 heteroatoms. The maximum atomic E-state index is 12.4. The third-order valence-electron chi connectivity index (χ3n) is 3.08. The molecule has 0 saturated carbocycles. The normalized spacial score (nSPS) is 11.4. The largest absolute Gasteiger partial charge is 0.379 e. The van der Waals surface area contributed by atoms with Gasteiger partial charge in [0.05, 0.1) is 5.69 Å². The fraction of sp³-hybridized carbons (Fsp3) is 0.0714. The lowest BCUT2D eigenvalue weighted by atomic mass is 10.2. The van der Waals surface area contributed by atoms with Gasteiger partial charge < -0.3 is 4.18 Å². The number of benzene rings is 2. The van der Waals surface area contributed by atoms with E-state index >= 15 is 0 Å². The van der Waals surface area contributed by atoms with E-state index in [0.717, 1.165) is 0 Å². The molecule has 0 amide bonds. The summed E-state index contributed by atoms with van der Waals surface area (Å²) in [5.74, 6) is 0.182. The third kappa shape index (κ3) is 3.33. The van der Waals surface area contributed by atoms with E-state index < -0.39 is 10.1 Å². The number of hydrogen-bond donors (Lipinski definition) is 0. The molecule has 0 atom stereocenters. The second-order valence-electron chi connectivity index (χ2n) is 4.70. The van der Waals surface area contributed by atoms with Crippen LogP contribution in [0.4, 0.5) is 0 Å². The van der Waals surface area contributed by atoms with Crippen LogP contribution in [0.2, 0.25) is 5.02 Å². The van der Waals surface area contributed by atoms with Gasteiger partial charge in [0.15, 0.2) is 0 Å². The number of nitrogens with zero attached hydrogens (tertiary/aromatic N) is 4. The van der Waals surface area contributed by atoms with Crippen molar-refractivity contribution >= 4 is 21.7 Å². The minimum absolute atomic E-state index is 0.0366. The smallest absolute Gasteiger partial charge is 0.339 e. The Kier molecular flexibility index (Phi) is 4.01. The Morgan fingerprint density at radius 1 is 1.13 bits per heavy atom. The number of hydrogen-bond acceptors (Lipinski definition) is 6. The minimum Gasteiger partial charge on any atom is -0.379 e. The van der Waals surface area contributed by atoms with Crippen LogP contribution in [0.15, 0.2) is 53.7 Å². The first kappa shape index (κ1) is 15.4. The predicted octanol–water partition coefficient (Wildman–Crippen LogP) is 2.39. The summed E-state index contributed by atoms with van der Waals surface area (Å²) >= 11 is 5.86. The molecule has 1 aromatic heterocycles. The Morgan fingerprint density at radius 3 is 2.52 bits per heavy atom. The second-order valence-corrected chi connectivity index (χ2v) is 6.65. The van der Waals surface area contributed by atoms with Crippen molar-refractivity contribution < 1.29 is 12.6 Å². The molecule has 23 heavy (non-hydrogen) atoms. The zero-order valence-corrected chi connectivity index (χ0v) is 13.5. The van der Waals surface area contributed by atoms with Crippen molar-refractivity contribution in [2.45, 2.75) is 11.8 Å². The lowest BCUT2D eigenvalue weighted by Gasteiger charge is -2.10. The molecule has 2 aromatic carbocycles. The molecule has 0 aliphatic carbocycles. The van der Waals surface area contributed by atoms with Gasteiger partial charge in [-0.3, -0.25) is 0 Å². The first-order valence-corrected chi connectivity index (χ1v) is 8.28. The van der Waals surface area contributed by atoms with E-state index in [1.807, 2.05) is 0 Å². The zero-order chi connectivity index (χ0) is 16.4. The molecule has 1 heterocycles. The van der Waals surface area contributed by atoms with Gasteiger partial charge in [0, 0.05) is 5.02 Å². The highest BCUT2D eigenvalue weighted by Gasteiger charge is 2.19. The van der Waals surface area contributed by atoms with Crippen LogP contribution in [0.25, 0.3) is 5.69 Å². The summed E-state index contributed by atoms with van der Waals surface area (Å²) in [5, 5.41) is 11.1. The Labute approximate surface area is 137 Å². The van der Waals surface area contributed by atoms with Gasteiger partial charge in [0.1, 0.15) is 17.0 Å². The van der Waals surface area contributed by atoms with Gasteiger partial charge in [-0.1, -0.05) is 17.7 Å². The Bertz CT molecular complexity index is 925. The van der Waals surface area contributed by atoms with Gasteiger partial charge in [0.25, 0.3) is 0 Å². The summed E-state index contributed by atoms with van der Waals surface area (Å²) in [4.78, 5) is 0.0366. The van der Waals surface area contributed by atoms with Gasteiger partial charge in [-0.15, -0.1) is 5.10 Å². The predicted molar refractivity (Wildman–Crippen MR) is 83.2 cm³/mol. The highest BCUT2D eigenvalue weighted by molar-refractivity contribution is 7.87. The van der Waals surface area contributed by atoms with Crippen molar-refractivity contribution in [1.82, 2.24) is 20.2 Å². The fourth-order valence-electron chi connectivity index (χ4n) is 1.95. The highest BCUT2D eigenvalue weighted by atomic mass is 35.5. The van der Waals surface area contributed by atoms with Gasteiger partial charge >= 0.3 is 10.1 Å². The summed E-state index contributed by atoms with van der Waals surface area (Å²) in [6.45, 7) is 1.67. The number of aromatic nitrogens is 4. The fourth-order valence-corrected chi connectivity index (χ4v) is 3.37. The molecule has 118 valence electrons. The molecule has 0 N–H and O–H groups in total. The van der Waals surface area contributed by atoms with Crippen molar-refractivity contribution in [2.24, 2.45) is 0 Å². The molecule has 3 aromatic rings. The number of halogens is 1. The van der Waals surface area contributed by atoms with Crippen LogP contribution in [0.5, 0.6) is 5.75 Å². The first-order chi connectivity index (χ1) is 11.0. The average Bonchev–Trinajstić information content (AvgIpc) is 3.04. The topological polar surface area (TPSA) is 87.0 Å². The standard InChI is InChI=1S/C14H11ClN4O3S/c1-10-2-3-11(15)8-14(10)23(20,21)22-13-6-4-12(5-7-13)19-9-16-17-18-19/h2-9H,1H3. The number of aryl methyl sites for hydroxylation is 1. The van der Waals surface area contributed by atoms with Crippen molar-refractivity contribution in [2.75, 3.05) is 0 Å². The van der Waals surface area contributed by atoms with Crippen molar-refractivity contribution in [3.05, 3.63) is 59.4 Å². The molecule has 0 aliphatic heterocycles. The van der Waals surface area contributed by atoms with Crippen LogP contribution in [0.1, 0.15) is 5.56 Å². The number of tetrazole rings is 1. The van der Waals surface area contributed by atoms with Gasteiger partial charge in [-0.05, 0) is 59.3 Å². The molecular formula is C14H11ClN4O3S.